The van der Waals surface area contributed by atoms with Gasteiger partial charge in [0, 0.05) is 30.7 Å². The van der Waals surface area contributed by atoms with Crippen LogP contribution in [0.5, 0.6) is 5.75 Å². The summed E-state index contributed by atoms with van der Waals surface area (Å²) >= 11 is 0. The molecule has 0 spiro atoms. The fraction of sp³-hybridized carbons (Fsp3) is 0.571. The van der Waals surface area contributed by atoms with Crippen molar-refractivity contribution in [1.82, 2.24) is 10.2 Å². The molecule has 2 unspecified atom stereocenters. The molecule has 1 aromatic rings. The average molecular weight is 232 g/mol. The van der Waals surface area contributed by atoms with Crippen LogP contribution in [-0.2, 0) is 6.54 Å². The third-order valence-electron chi connectivity index (χ3n) is 4.15. The molecule has 2 saturated heterocycles. The van der Waals surface area contributed by atoms with E-state index in [4.69, 9.17) is 0 Å². The Morgan fingerprint density at radius 3 is 3.00 bits per heavy atom. The average Bonchev–Trinajstić information content (AvgIpc) is 2.91. The molecule has 2 aliphatic heterocycles. The zero-order chi connectivity index (χ0) is 11.7. The fourth-order valence-corrected chi connectivity index (χ4v) is 3.22. The zero-order valence-corrected chi connectivity index (χ0v) is 10.1. The Kier molecular flexibility index (Phi) is 3.04. The minimum absolute atomic E-state index is 0.404. The Morgan fingerprint density at radius 1 is 1.24 bits per heavy atom. The highest BCUT2D eigenvalue weighted by atomic mass is 16.3. The Hall–Kier alpha value is -1.06. The van der Waals surface area contributed by atoms with Crippen molar-refractivity contribution in [3.8, 4) is 5.75 Å². The van der Waals surface area contributed by atoms with Gasteiger partial charge in [-0.2, -0.15) is 0 Å². The summed E-state index contributed by atoms with van der Waals surface area (Å²) < 4.78 is 0. The maximum atomic E-state index is 9.72. The van der Waals surface area contributed by atoms with Crippen LogP contribution >= 0.6 is 0 Å². The number of phenols is 1. The molecule has 2 aliphatic rings. The number of phenolic OH excluding ortho intramolecular Hbond substituents is 1. The number of benzene rings is 1. The summed E-state index contributed by atoms with van der Waals surface area (Å²) in [4.78, 5) is 2.60. The quantitative estimate of drug-likeness (QED) is 0.833. The molecule has 92 valence electrons. The molecule has 0 aromatic heterocycles. The van der Waals surface area contributed by atoms with E-state index < -0.39 is 0 Å². The van der Waals surface area contributed by atoms with Crippen molar-refractivity contribution < 1.29 is 5.11 Å². The Bertz CT molecular complexity index is 394. The zero-order valence-electron chi connectivity index (χ0n) is 10.1. The summed E-state index contributed by atoms with van der Waals surface area (Å²) in [6.07, 6.45) is 3.93. The van der Waals surface area contributed by atoms with Gasteiger partial charge in [-0.1, -0.05) is 18.2 Å². The molecule has 3 nitrogen and oxygen atoms in total. The minimum atomic E-state index is 0.404. The maximum Gasteiger partial charge on any atom is 0.120 e. The smallest absolute Gasteiger partial charge is 0.120 e. The normalized spacial score (nSPS) is 28.5. The molecular formula is C14H20N2O. The molecule has 0 saturated carbocycles. The summed E-state index contributed by atoms with van der Waals surface area (Å²) in [5.41, 5.74) is 1.00. The molecule has 2 fully saturated rings. The van der Waals surface area contributed by atoms with Crippen LogP contribution in [0.25, 0.3) is 0 Å². The van der Waals surface area contributed by atoms with E-state index in [0.717, 1.165) is 18.2 Å². The van der Waals surface area contributed by atoms with E-state index in [-0.39, 0.29) is 0 Å². The van der Waals surface area contributed by atoms with Crippen LogP contribution < -0.4 is 5.32 Å². The van der Waals surface area contributed by atoms with Crippen molar-refractivity contribution in [2.45, 2.75) is 37.9 Å². The SMILES string of the molecule is Oc1ccccc1CNC1CCN2CCCC12. The van der Waals surface area contributed by atoms with E-state index >= 15 is 0 Å². The van der Waals surface area contributed by atoms with Crippen LogP contribution in [0, 0.1) is 0 Å². The Labute approximate surface area is 102 Å². The van der Waals surface area contributed by atoms with Crippen molar-refractivity contribution >= 4 is 0 Å². The highest BCUT2D eigenvalue weighted by Gasteiger charge is 2.36. The van der Waals surface area contributed by atoms with Crippen LogP contribution in [0.1, 0.15) is 24.8 Å². The lowest BCUT2D eigenvalue weighted by Gasteiger charge is -2.21. The molecule has 0 amide bonds. The van der Waals surface area contributed by atoms with Gasteiger partial charge in [-0.15, -0.1) is 0 Å². The highest BCUT2D eigenvalue weighted by Crippen LogP contribution is 2.28. The van der Waals surface area contributed by atoms with Gasteiger partial charge in [0.1, 0.15) is 5.75 Å². The van der Waals surface area contributed by atoms with Gasteiger partial charge in [0.25, 0.3) is 0 Å². The summed E-state index contributed by atoms with van der Waals surface area (Å²) in [7, 11) is 0. The largest absolute Gasteiger partial charge is 0.508 e. The second kappa shape index (κ2) is 4.67. The van der Waals surface area contributed by atoms with Crippen molar-refractivity contribution in [2.24, 2.45) is 0 Å². The van der Waals surface area contributed by atoms with Crippen LogP contribution in [0.2, 0.25) is 0 Å². The number of para-hydroxylation sites is 1. The first-order chi connectivity index (χ1) is 8.34. The van der Waals surface area contributed by atoms with Gasteiger partial charge in [-0.3, -0.25) is 4.90 Å². The lowest BCUT2D eigenvalue weighted by molar-refractivity contribution is 0.298. The minimum Gasteiger partial charge on any atom is -0.508 e. The Balaban J connectivity index is 1.60. The fourth-order valence-electron chi connectivity index (χ4n) is 3.22. The second-order valence-electron chi connectivity index (χ2n) is 5.15. The number of hydrogen-bond acceptors (Lipinski definition) is 3. The molecule has 1 aromatic carbocycles. The number of aromatic hydroxyl groups is 1. The standard InChI is InChI=1S/C14H20N2O/c17-14-6-2-1-4-11(14)10-15-12-7-9-16-8-3-5-13(12)16/h1-2,4,6,12-13,15,17H,3,5,7-10H2. The van der Waals surface area contributed by atoms with Gasteiger partial charge >= 0.3 is 0 Å². The molecule has 0 aliphatic carbocycles. The van der Waals surface area contributed by atoms with Crippen LogP contribution in [0.4, 0.5) is 0 Å². The van der Waals surface area contributed by atoms with Gasteiger partial charge in [-0.05, 0) is 31.9 Å². The third-order valence-corrected chi connectivity index (χ3v) is 4.15. The Morgan fingerprint density at radius 2 is 2.12 bits per heavy atom. The molecule has 0 bridgehead atoms. The first-order valence-corrected chi connectivity index (χ1v) is 6.59. The predicted octanol–water partition coefficient (Wildman–Crippen LogP) is 1.72. The molecule has 3 rings (SSSR count). The molecular weight excluding hydrogens is 212 g/mol. The van der Waals surface area contributed by atoms with E-state index in [9.17, 15) is 5.11 Å². The summed E-state index contributed by atoms with van der Waals surface area (Å²) in [5.74, 6) is 0.404. The number of rotatable bonds is 3. The van der Waals surface area contributed by atoms with Crippen LogP contribution in [0.3, 0.4) is 0 Å². The third kappa shape index (κ3) is 2.17. The van der Waals surface area contributed by atoms with Crippen LogP contribution in [0.15, 0.2) is 24.3 Å². The number of nitrogens with zero attached hydrogens (tertiary/aromatic N) is 1. The van der Waals surface area contributed by atoms with E-state index in [2.05, 4.69) is 10.2 Å². The molecule has 2 N–H and O–H groups in total. The molecule has 3 heteroatoms. The van der Waals surface area contributed by atoms with Gasteiger partial charge < -0.3 is 10.4 Å². The lowest BCUT2D eigenvalue weighted by Crippen LogP contribution is -2.38. The highest BCUT2D eigenvalue weighted by molar-refractivity contribution is 5.31. The number of fused-ring (bicyclic) bond motifs is 1. The van der Waals surface area contributed by atoms with E-state index in [0.29, 0.717) is 11.8 Å². The van der Waals surface area contributed by atoms with Gasteiger partial charge in [0.05, 0.1) is 0 Å². The first-order valence-electron chi connectivity index (χ1n) is 6.59. The van der Waals surface area contributed by atoms with Gasteiger partial charge in [0.2, 0.25) is 0 Å². The first kappa shape index (κ1) is 11.1. The van der Waals surface area contributed by atoms with E-state index in [1.54, 1.807) is 6.07 Å². The van der Waals surface area contributed by atoms with E-state index in [1.165, 1.54) is 32.4 Å². The number of hydrogen-bond donors (Lipinski definition) is 2. The van der Waals surface area contributed by atoms with Gasteiger partial charge in [-0.25, -0.2) is 0 Å². The second-order valence-corrected chi connectivity index (χ2v) is 5.15. The summed E-state index contributed by atoms with van der Waals surface area (Å²) in [5, 5.41) is 13.3. The topological polar surface area (TPSA) is 35.5 Å². The van der Waals surface area contributed by atoms with Crippen molar-refractivity contribution in [1.29, 1.82) is 0 Å². The molecule has 2 atom stereocenters. The molecule has 17 heavy (non-hydrogen) atoms. The predicted molar refractivity (Wildman–Crippen MR) is 67.9 cm³/mol. The van der Waals surface area contributed by atoms with Crippen molar-refractivity contribution in [3.63, 3.8) is 0 Å². The van der Waals surface area contributed by atoms with Crippen LogP contribution in [-0.4, -0.2) is 35.2 Å². The van der Waals surface area contributed by atoms with E-state index in [1.807, 2.05) is 18.2 Å². The monoisotopic (exact) mass is 232 g/mol. The molecule has 0 radical (unpaired) electrons. The lowest BCUT2D eigenvalue weighted by atomic mass is 10.1. The summed E-state index contributed by atoms with van der Waals surface area (Å²) in [6.45, 7) is 3.30. The molecule has 2 heterocycles. The van der Waals surface area contributed by atoms with Gasteiger partial charge in [0.15, 0.2) is 0 Å². The van der Waals surface area contributed by atoms with Crippen molar-refractivity contribution in [3.05, 3.63) is 29.8 Å². The van der Waals surface area contributed by atoms with Crippen molar-refractivity contribution in [2.75, 3.05) is 13.1 Å². The maximum absolute atomic E-state index is 9.72. The summed E-state index contributed by atoms with van der Waals surface area (Å²) in [6, 6.07) is 8.94. The number of nitrogens with one attached hydrogen (secondary N) is 1.